The van der Waals surface area contributed by atoms with Crippen molar-refractivity contribution in [1.82, 2.24) is 39.2 Å². The Morgan fingerprint density at radius 3 is 2.28 bits per heavy atom. The number of nitrogens with zero attached hydrogens (tertiary/aromatic N) is 7. The molecular weight excluding hydrogens is 656 g/mol. The van der Waals surface area contributed by atoms with Gasteiger partial charge in [-0.15, -0.1) is 0 Å². The number of aliphatic hydroxyl groups excluding tert-OH is 1. The first kappa shape index (κ1) is 34.3. The summed E-state index contributed by atoms with van der Waals surface area (Å²) in [6.07, 6.45) is 5.05. The second-order valence-electron chi connectivity index (χ2n) is 13.7. The highest BCUT2D eigenvalue weighted by atomic mass is 35.5. The number of nitrogens with one attached hydrogen (secondary N) is 3. The number of fused-ring (bicyclic) bond motifs is 2. The maximum atomic E-state index is 13.6. The van der Waals surface area contributed by atoms with Gasteiger partial charge in [-0.3, -0.25) is 24.4 Å². The van der Waals surface area contributed by atoms with Crippen molar-refractivity contribution in [2.45, 2.75) is 64.8 Å². The maximum Gasteiger partial charge on any atom is 0.291 e. The first-order valence-corrected chi connectivity index (χ1v) is 17.8. The van der Waals surface area contributed by atoms with Crippen LogP contribution in [0.15, 0.2) is 30.5 Å². The fourth-order valence-corrected chi connectivity index (χ4v) is 7.92. The zero-order valence-electron chi connectivity index (χ0n) is 29.1. The van der Waals surface area contributed by atoms with Crippen LogP contribution in [0.5, 0.6) is 0 Å². The number of benzene rings is 1. The van der Waals surface area contributed by atoms with Gasteiger partial charge in [0.1, 0.15) is 0 Å². The molecule has 3 aromatic heterocycles. The highest BCUT2D eigenvalue weighted by Crippen LogP contribution is 2.36. The molecule has 7 rings (SSSR count). The average Bonchev–Trinajstić information content (AvgIpc) is 3.62. The molecule has 50 heavy (non-hydrogen) atoms. The molecule has 1 aromatic carbocycles. The number of carbonyl (C=O) groups excluding carboxylic acids is 2. The molecule has 1 unspecified atom stereocenters. The van der Waals surface area contributed by atoms with Gasteiger partial charge in [0.25, 0.3) is 11.8 Å². The van der Waals surface area contributed by atoms with Crippen molar-refractivity contribution in [2.24, 2.45) is 14.1 Å². The fraction of sp³-hybridized carbons (Fsp3) is 0.472. The molecule has 0 saturated carbocycles. The molecule has 1 atom stereocenters. The standard InChI is InChI=1S/C36H45ClN10O3/c1-21(48)18-46-16-11-29-27(19-46)40-33(44(29)3)35(49)42-25-7-5-6-24(22(25)2)32-31(37)26(10-15-39-32)43-36(50)34-41-28-20-47(17-12-30(28)45(34)4)23-8-13-38-14-9-23/h5-7,10,15,21,23,38,48H,8-9,11-14,16-20H2,1-4H3,(H,42,49)(H,39,43,50). The second-order valence-corrected chi connectivity index (χ2v) is 14.1. The molecule has 3 aliphatic rings. The van der Waals surface area contributed by atoms with Crippen LogP contribution in [0.25, 0.3) is 11.3 Å². The molecule has 0 bridgehead atoms. The Bertz CT molecular complexity index is 1930. The van der Waals surface area contributed by atoms with E-state index < -0.39 is 6.10 Å². The predicted molar refractivity (Wildman–Crippen MR) is 192 cm³/mol. The Balaban J connectivity index is 1.07. The van der Waals surface area contributed by atoms with Crippen LogP contribution < -0.4 is 16.0 Å². The highest BCUT2D eigenvalue weighted by Gasteiger charge is 2.30. The van der Waals surface area contributed by atoms with Crippen LogP contribution in [0, 0.1) is 6.92 Å². The third-order valence-electron chi connectivity index (χ3n) is 10.3. The normalized spacial score (nSPS) is 17.6. The molecule has 1 fully saturated rings. The number of anilines is 2. The van der Waals surface area contributed by atoms with Crippen molar-refractivity contribution in [3.8, 4) is 11.3 Å². The van der Waals surface area contributed by atoms with Crippen molar-refractivity contribution in [2.75, 3.05) is 43.4 Å². The summed E-state index contributed by atoms with van der Waals surface area (Å²) >= 11 is 6.93. The molecule has 2 amide bonds. The minimum Gasteiger partial charge on any atom is -0.392 e. The van der Waals surface area contributed by atoms with E-state index in [1.165, 1.54) is 0 Å². The number of aliphatic hydroxyl groups is 1. The highest BCUT2D eigenvalue weighted by molar-refractivity contribution is 6.36. The smallest absolute Gasteiger partial charge is 0.291 e. The molecule has 0 radical (unpaired) electrons. The molecular formula is C36H45ClN10O3. The number of pyridine rings is 1. The Kier molecular flexibility index (Phi) is 9.77. The average molecular weight is 701 g/mol. The van der Waals surface area contributed by atoms with E-state index in [0.717, 1.165) is 92.3 Å². The first-order chi connectivity index (χ1) is 24.1. The number of aromatic nitrogens is 5. The van der Waals surface area contributed by atoms with E-state index in [4.69, 9.17) is 16.6 Å². The number of piperidine rings is 1. The van der Waals surface area contributed by atoms with Gasteiger partial charge >= 0.3 is 0 Å². The minimum absolute atomic E-state index is 0.294. The third kappa shape index (κ3) is 6.68. The van der Waals surface area contributed by atoms with Crippen LogP contribution in [0.3, 0.4) is 0 Å². The maximum absolute atomic E-state index is 13.6. The molecule has 0 spiro atoms. The van der Waals surface area contributed by atoms with Crippen LogP contribution in [-0.4, -0.2) is 95.7 Å². The summed E-state index contributed by atoms with van der Waals surface area (Å²) in [5.41, 5.74) is 6.96. The monoisotopic (exact) mass is 700 g/mol. The molecule has 264 valence electrons. The number of rotatable bonds is 8. The van der Waals surface area contributed by atoms with Crippen LogP contribution >= 0.6 is 11.6 Å². The summed E-state index contributed by atoms with van der Waals surface area (Å²) in [4.78, 5) is 45.9. The summed E-state index contributed by atoms with van der Waals surface area (Å²) in [7, 11) is 3.76. The van der Waals surface area contributed by atoms with E-state index >= 15 is 0 Å². The van der Waals surface area contributed by atoms with Crippen molar-refractivity contribution in [3.63, 3.8) is 0 Å². The van der Waals surface area contributed by atoms with E-state index in [9.17, 15) is 14.7 Å². The topological polar surface area (TPSA) is 145 Å². The van der Waals surface area contributed by atoms with Gasteiger partial charge in [-0.2, -0.15) is 0 Å². The molecule has 1 saturated heterocycles. The molecule has 14 heteroatoms. The summed E-state index contributed by atoms with van der Waals surface area (Å²) in [5.74, 6) is 0.0263. The molecule has 4 aromatic rings. The summed E-state index contributed by atoms with van der Waals surface area (Å²) < 4.78 is 3.76. The number of carbonyl (C=O) groups is 2. The van der Waals surface area contributed by atoms with Crippen molar-refractivity contribution >= 4 is 34.8 Å². The van der Waals surface area contributed by atoms with Gasteiger partial charge in [0.15, 0.2) is 11.6 Å². The lowest BCUT2D eigenvalue weighted by atomic mass is 10.0. The number of hydrogen-bond donors (Lipinski definition) is 4. The summed E-state index contributed by atoms with van der Waals surface area (Å²) in [5, 5.41) is 19.6. The molecule has 13 nitrogen and oxygen atoms in total. The second kappa shape index (κ2) is 14.2. The largest absolute Gasteiger partial charge is 0.392 e. The van der Waals surface area contributed by atoms with Gasteiger partial charge in [0.05, 0.1) is 33.9 Å². The van der Waals surface area contributed by atoms with Crippen LogP contribution in [0.2, 0.25) is 5.02 Å². The van der Waals surface area contributed by atoms with Gasteiger partial charge in [0.2, 0.25) is 0 Å². The van der Waals surface area contributed by atoms with E-state index in [-0.39, 0.29) is 11.8 Å². The van der Waals surface area contributed by atoms with E-state index in [1.807, 2.05) is 48.4 Å². The molecule has 0 aliphatic carbocycles. The van der Waals surface area contributed by atoms with Crippen LogP contribution in [0.1, 0.15) is 69.3 Å². The minimum atomic E-state index is -0.431. The van der Waals surface area contributed by atoms with Crippen molar-refractivity contribution < 1.29 is 14.7 Å². The Morgan fingerprint density at radius 1 is 0.960 bits per heavy atom. The van der Waals surface area contributed by atoms with Crippen molar-refractivity contribution in [1.29, 1.82) is 0 Å². The van der Waals surface area contributed by atoms with E-state index in [0.29, 0.717) is 52.9 Å². The number of amides is 2. The van der Waals surface area contributed by atoms with E-state index in [1.54, 1.807) is 19.2 Å². The van der Waals surface area contributed by atoms with Gasteiger partial charge in [0, 0.05) is 94.5 Å². The predicted octanol–water partition coefficient (Wildman–Crippen LogP) is 3.53. The van der Waals surface area contributed by atoms with Gasteiger partial charge in [-0.05, 0) is 57.5 Å². The summed E-state index contributed by atoms with van der Waals surface area (Å²) in [6.45, 7) is 9.41. The van der Waals surface area contributed by atoms with Crippen molar-refractivity contribution in [3.05, 3.63) is 75.5 Å². The molecule has 6 heterocycles. The lowest BCUT2D eigenvalue weighted by Gasteiger charge is -2.36. The van der Waals surface area contributed by atoms with Gasteiger partial charge in [-0.25, -0.2) is 9.97 Å². The van der Waals surface area contributed by atoms with E-state index in [2.05, 4.69) is 35.7 Å². The summed E-state index contributed by atoms with van der Waals surface area (Å²) in [6, 6.07) is 7.78. The first-order valence-electron chi connectivity index (χ1n) is 17.4. The lowest BCUT2D eigenvalue weighted by Crippen LogP contribution is -2.45. The zero-order chi connectivity index (χ0) is 35.1. The molecule has 4 N–H and O–H groups in total. The zero-order valence-corrected chi connectivity index (χ0v) is 29.8. The number of halogens is 1. The fourth-order valence-electron chi connectivity index (χ4n) is 7.66. The Hall–Kier alpha value is -4.14. The Labute approximate surface area is 297 Å². The third-order valence-corrected chi connectivity index (χ3v) is 10.7. The SMILES string of the molecule is Cc1c(NC(=O)c2nc3c(n2C)CCN(CC(C)O)C3)cccc1-c1nccc(NC(=O)c2nc3c(n2C)CCN(C2CCNCC2)C3)c1Cl. The van der Waals surface area contributed by atoms with Gasteiger partial charge in [-0.1, -0.05) is 23.7 Å². The number of hydrogen-bond acceptors (Lipinski definition) is 9. The number of β-amino-alcohol motifs (C(OH)–C–C–N with tert-alkyl or cyclic N) is 1. The van der Waals surface area contributed by atoms with Crippen LogP contribution in [-0.2, 0) is 40.0 Å². The number of imidazole rings is 2. The molecule has 3 aliphatic heterocycles. The van der Waals surface area contributed by atoms with Gasteiger partial charge < -0.3 is 30.2 Å². The Morgan fingerprint density at radius 2 is 1.60 bits per heavy atom. The lowest BCUT2D eigenvalue weighted by molar-refractivity contribution is 0.100. The van der Waals surface area contributed by atoms with Crippen LogP contribution in [0.4, 0.5) is 11.4 Å². The quantitative estimate of drug-likeness (QED) is 0.217.